The molecule has 0 unspecified atom stereocenters. The van der Waals surface area contributed by atoms with Crippen LogP contribution < -0.4 is 15.4 Å². The van der Waals surface area contributed by atoms with Crippen molar-refractivity contribution in [2.45, 2.75) is 19.3 Å². The Kier molecular flexibility index (Phi) is 5.46. The van der Waals surface area contributed by atoms with Gasteiger partial charge in [-0.2, -0.15) is 0 Å². The molecule has 5 nitrogen and oxygen atoms in total. The Hall–Kier alpha value is -3.08. The highest BCUT2D eigenvalue weighted by molar-refractivity contribution is 6.11. The highest BCUT2D eigenvalue weighted by atomic mass is 16.5. The van der Waals surface area contributed by atoms with Gasteiger partial charge in [0.25, 0.3) is 5.91 Å². The largest absolute Gasteiger partial charge is 0.493 e. The number of para-hydroxylation sites is 1. The van der Waals surface area contributed by atoms with Gasteiger partial charge in [0, 0.05) is 0 Å². The van der Waals surface area contributed by atoms with Crippen LogP contribution in [-0.2, 0) is 17.6 Å². The molecule has 1 heterocycles. The number of carbonyl (C=O) groups is 2. The summed E-state index contributed by atoms with van der Waals surface area (Å²) in [5.41, 5.74) is 2.56. The van der Waals surface area contributed by atoms with Crippen LogP contribution in [0.1, 0.15) is 17.5 Å². The van der Waals surface area contributed by atoms with Crippen LogP contribution in [0.2, 0.25) is 0 Å². The molecule has 1 aliphatic rings. The van der Waals surface area contributed by atoms with Gasteiger partial charge in [-0.3, -0.25) is 10.1 Å². The summed E-state index contributed by atoms with van der Waals surface area (Å²) in [5, 5.41) is 4.67. The molecule has 0 aliphatic carbocycles. The lowest BCUT2D eigenvalue weighted by Crippen LogP contribution is -2.22. The minimum absolute atomic E-state index is 0.281. The normalized spacial score (nSPS) is 15.1. The number of hydrogen-bond donors (Lipinski definition) is 2. The van der Waals surface area contributed by atoms with Gasteiger partial charge in [0.05, 0.1) is 6.61 Å². The molecule has 25 heavy (non-hydrogen) atoms. The molecule has 3 rings (SSSR count). The van der Waals surface area contributed by atoms with Crippen molar-refractivity contribution in [2.24, 2.45) is 0 Å². The van der Waals surface area contributed by atoms with E-state index >= 15 is 0 Å². The Morgan fingerprint density at radius 3 is 2.44 bits per heavy atom. The van der Waals surface area contributed by atoms with Crippen LogP contribution in [-0.4, -0.2) is 18.5 Å². The summed E-state index contributed by atoms with van der Waals surface area (Å²) in [7, 11) is 0. The summed E-state index contributed by atoms with van der Waals surface area (Å²) in [6.45, 7) is 0.625. The van der Waals surface area contributed by atoms with E-state index in [1.165, 1.54) is 5.56 Å². The molecule has 0 saturated carbocycles. The van der Waals surface area contributed by atoms with E-state index in [-0.39, 0.29) is 5.70 Å². The van der Waals surface area contributed by atoms with Gasteiger partial charge < -0.3 is 10.1 Å². The second-order valence-corrected chi connectivity index (χ2v) is 5.78. The Balaban J connectivity index is 1.55. The molecule has 3 amide bonds. The van der Waals surface area contributed by atoms with E-state index in [4.69, 9.17) is 4.74 Å². The van der Waals surface area contributed by atoms with Gasteiger partial charge in [0.1, 0.15) is 11.4 Å². The zero-order chi connectivity index (χ0) is 17.5. The second kappa shape index (κ2) is 8.15. The Bertz CT molecular complexity index is 785. The number of ether oxygens (including phenoxy) is 1. The van der Waals surface area contributed by atoms with Crippen molar-refractivity contribution in [1.29, 1.82) is 0 Å². The third kappa shape index (κ3) is 4.70. The number of allylic oxidation sites excluding steroid dienone is 1. The fourth-order valence-corrected chi connectivity index (χ4v) is 2.65. The maximum Gasteiger partial charge on any atom is 0.326 e. The molecule has 5 heteroatoms. The standard InChI is InChI=1S/C20H20N2O3/c23-19-17(21-20(24)22-19)13-12-16-10-4-5-11-18(16)25-14-6-9-15-7-2-1-3-8-15/h1-5,7-8,10-11,13H,6,9,12,14H2,(H2,21,22,23,24). The van der Waals surface area contributed by atoms with Gasteiger partial charge in [-0.25, -0.2) is 4.79 Å². The molecule has 2 aromatic carbocycles. The highest BCUT2D eigenvalue weighted by Crippen LogP contribution is 2.20. The zero-order valence-corrected chi connectivity index (χ0v) is 13.8. The zero-order valence-electron chi connectivity index (χ0n) is 13.8. The summed E-state index contributed by atoms with van der Waals surface area (Å²) < 4.78 is 5.90. The number of aryl methyl sites for hydroxylation is 1. The molecule has 128 valence electrons. The molecule has 2 N–H and O–H groups in total. The first-order valence-corrected chi connectivity index (χ1v) is 8.29. The summed E-state index contributed by atoms with van der Waals surface area (Å²) >= 11 is 0. The van der Waals surface area contributed by atoms with Gasteiger partial charge in [-0.15, -0.1) is 0 Å². The number of imide groups is 1. The number of hydrogen-bond acceptors (Lipinski definition) is 3. The number of rotatable bonds is 7. The van der Waals surface area contributed by atoms with E-state index in [0.29, 0.717) is 13.0 Å². The van der Waals surface area contributed by atoms with Gasteiger partial charge in [0.2, 0.25) is 0 Å². The summed E-state index contributed by atoms with van der Waals surface area (Å²) in [5.74, 6) is 0.406. The first kappa shape index (κ1) is 16.8. The fraction of sp³-hybridized carbons (Fsp3) is 0.200. The minimum atomic E-state index is -0.485. The molecular formula is C20H20N2O3. The van der Waals surface area contributed by atoms with Crippen LogP contribution in [0.5, 0.6) is 5.75 Å². The Morgan fingerprint density at radius 1 is 0.920 bits per heavy atom. The third-order valence-corrected chi connectivity index (χ3v) is 3.93. The Morgan fingerprint density at radius 2 is 1.68 bits per heavy atom. The fourth-order valence-electron chi connectivity index (χ4n) is 2.65. The average Bonchev–Trinajstić information content (AvgIpc) is 2.96. The summed E-state index contributed by atoms with van der Waals surface area (Å²) in [4.78, 5) is 22.7. The molecule has 0 radical (unpaired) electrons. The van der Waals surface area contributed by atoms with Crippen LogP contribution >= 0.6 is 0 Å². The second-order valence-electron chi connectivity index (χ2n) is 5.78. The Labute approximate surface area is 146 Å². The maximum absolute atomic E-state index is 11.5. The van der Waals surface area contributed by atoms with Gasteiger partial charge in [-0.05, 0) is 36.5 Å². The lowest BCUT2D eigenvalue weighted by atomic mass is 10.1. The molecule has 1 aliphatic heterocycles. The van der Waals surface area contributed by atoms with Crippen molar-refractivity contribution in [3.63, 3.8) is 0 Å². The summed E-state index contributed by atoms with van der Waals surface area (Å²) in [6, 6.07) is 17.6. The molecule has 1 saturated heterocycles. The van der Waals surface area contributed by atoms with E-state index in [0.717, 1.165) is 24.2 Å². The van der Waals surface area contributed by atoms with E-state index in [1.54, 1.807) is 6.08 Å². The highest BCUT2D eigenvalue weighted by Gasteiger charge is 2.22. The molecular weight excluding hydrogens is 316 g/mol. The number of urea groups is 1. The van der Waals surface area contributed by atoms with E-state index < -0.39 is 11.9 Å². The SMILES string of the molecule is O=C1NC(=O)C(=CCc2ccccc2OCCCc2ccccc2)N1. The molecule has 0 aromatic heterocycles. The van der Waals surface area contributed by atoms with Crippen LogP contribution in [0, 0.1) is 0 Å². The number of benzene rings is 2. The van der Waals surface area contributed by atoms with E-state index in [2.05, 4.69) is 22.8 Å². The van der Waals surface area contributed by atoms with E-state index in [9.17, 15) is 9.59 Å². The van der Waals surface area contributed by atoms with Crippen molar-refractivity contribution in [1.82, 2.24) is 10.6 Å². The first-order valence-electron chi connectivity index (χ1n) is 8.29. The van der Waals surface area contributed by atoms with Crippen LogP contribution in [0.25, 0.3) is 0 Å². The monoisotopic (exact) mass is 336 g/mol. The topological polar surface area (TPSA) is 67.4 Å². The van der Waals surface area contributed by atoms with Crippen molar-refractivity contribution in [3.8, 4) is 5.75 Å². The number of nitrogens with one attached hydrogen (secondary N) is 2. The molecule has 0 bridgehead atoms. The predicted molar refractivity (Wildman–Crippen MR) is 95.2 cm³/mol. The van der Waals surface area contributed by atoms with Crippen molar-refractivity contribution >= 4 is 11.9 Å². The van der Waals surface area contributed by atoms with Gasteiger partial charge >= 0.3 is 6.03 Å². The van der Waals surface area contributed by atoms with Gasteiger partial charge in [0.15, 0.2) is 0 Å². The lowest BCUT2D eigenvalue weighted by Gasteiger charge is -2.10. The molecule has 2 aromatic rings. The predicted octanol–water partition coefficient (Wildman–Crippen LogP) is 2.96. The third-order valence-electron chi connectivity index (χ3n) is 3.93. The van der Waals surface area contributed by atoms with Crippen molar-refractivity contribution in [2.75, 3.05) is 6.61 Å². The minimum Gasteiger partial charge on any atom is -0.493 e. The molecule has 0 atom stereocenters. The van der Waals surface area contributed by atoms with Crippen molar-refractivity contribution in [3.05, 3.63) is 77.5 Å². The van der Waals surface area contributed by atoms with Gasteiger partial charge in [-0.1, -0.05) is 54.6 Å². The van der Waals surface area contributed by atoms with E-state index in [1.807, 2.05) is 42.5 Å². The number of amides is 3. The molecule has 0 spiro atoms. The van der Waals surface area contributed by atoms with Crippen LogP contribution in [0.4, 0.5) is 4.79 Å². The average molecular weight is 336 g/mol. The number of carbonyl (C=O) groups excluding carboxylic acids is 2. The smallest absolute Gasteiger partial charge is 0.326 e. The van der Waals surface area contributed by atoms with Crippen LogP contribution in [0.3, 0.4) is 0 Å². The van der Waals surface area contributed by atoms with Crippen LogP contribution in [0.15, 0.2) is 66.4 Å². The summed E-state index contributed by atoms with van der Waals surface area (Å²) in [6.07, 6.45) is 4.11. The first-order chi connectivity index (χ1) is 12.2. The molecule has 1 fully saturated rings. The maximum atomic E-state index is 11.5. The van der Waals surface area contributed by atoms with Crippen molar-refractivity contribution < 1.29 is 14.3 Å². The quantitative estimate of drug-likeness (QED) is 0.464. The lowest BCUT2D eigenvalue weighted by molar-refractivity contribution is -0.115.